The number of anilines is 1. The molecule has 0 bridgehead atoms. The van der Waals surface area contributed by atoms with Crippen molar-refractivity contribution >= 4 is 11.6 Å². The summed E-state index contributed by atoms with van der Waals surface area (Å²) in [4.78, 5) is 10.7. The van der Waals surface area contributed by atoms with Gasteiger partial charge in [-0.25, -0.2) is 0 Å². The van der Waals surface area contributed by atoms with E-state index in [-0.39, 0.29) is 5.69 Å². The molecular formula is C6H10N4O. The molecule has 1 aromatic rings. The number of hydrogen-bond acceptors (Lipinski definition) is 3. The average Bonchev–Trinajstić information content (AvgIpc) is 2.30. The molecule has 60 valence electrons. The summed E-state index contributed by atoms with van der Waals surface area (Å²) >= 11 is 0. The van der Waals surface area contributed by atoms with Crippen molar-refractivity contribution in [3.05, 3.63) is 11.9 Å². The monoisotopic (exact) mass is 154 g/mol. The van der Waals surface area contributed by atoms with E-state index in [1.54, 1.807) is 0 Å². The quantitative estimate of drug-likeness (QED) is 0.606. The molecule has 5 heteroatoms. The van der Waals surface area contributed by atoms with Gasteiger partial charge in [0.2, 0.25) is 0 Å². The molecule has 0 fully saturated rings. The van der Waals surface area contributed by atoms with Crippen molar-refractivity contribution < 1.29 is 4.79 Å². The van der Waals surface area contributed by atoms with Gasteiger partial charge in [-0.15, -0.1) is 0 Å². The van der Waals surface area contributed by atoms with E-state index in [1.165, 1.54) is 10.9 Å². The zero-order valence-corrected chi connectivity index (χ0v) is 6.24. The Kier molecular flexibility index (Phi) is 1.80. The number of carbonyl (C=O) groups is 1. The maximum atomic E-state index is 10.7. The molecule has 0 aliphatic heterocycles. The van der Waals surface area contributed by atoms with Crippen molar-refractivity contribution in [3.63, 3.8) is 0 Å². The number of nitrogens with two attached hydrogens (primary N) is 2. The van der Waals surface area contributed by atoms with Crippen LogP contribution in [0.5, 0.6) is 0 Å². The van der Waals surface area contributed by atoms with Crippen molar-refractivity contribution in [1.82, 2.24) is 9.78 Å². The molecule has 0 atom stereocenters. The van der Waals surface area contributed by atoms with Gasteiger partial charge in [-0.05, 0) is 6.92 Å². The second-order valence-corrected chi connectivity index (χ2v) is 2.13. The first-order chi connectivity index (χ1) is 5.16. The van der Waals surface area contributed by atoms with E-state index in [2.05, 4.69) is 5.10 Å². The Labute approximate surface area is 64.0 Å². The van der Waals surface area contributed by atoms with E-state index in [9.17, 15) is 4.79 Å². The molecule has 0 unspecified atom stereocenters. The zero-order chi connectivity index (χ0) is 8.43. The lowest BCUT2D eigenvalue weighted by Crippen LogP contribution is -2.18. The number of amides is 1. The number of hydrogen-bond donors (Lipinski definition) is 2. The summed E-state index contributed by atoms with van der Waals surface area (Å²) in [5.74, 6) is -0.540. The first-order valence-corrected chi connectivity index (χ1v) is 3.28. The third-order valence-corrected chi connectivity index (χ3v) is 1.40. The highest BCUT2D eigenvalue weighted by Gasteiger charge is 2.11. The van der Waals surface area contributed by atoms with E-state index in [0.29, 0.717) is 12.2 Å². The fourth-order valence-electron chi connectivity index (χ4n) is 0.909. The first kappa shape index (κ1) is 7.59. The minimum Gasteiger partial charge on any atom is -0.396 e. The van der Waals surface area contributed by atoms with Gasteiger partial charge in [0, 0.05) is 6.54 Å². The minimum absolute atomic E-state index is 0.285. The van der Waals surface area contributed by atoms with E-state index < -0.39 is 5.91 Å². The fourth-order valence-corrected chi connectivity index (χ4v) is 0.909. The Bertz CT molecular complexity index is 278. The van der Waals surface area contributed by atoms with Crippen LogP contribution in [0.1, 0.15) is 17.4 Å². The van der Waals surface area contributed by atoms with Gasteiger partial charge in [-0.2, -0.15) is 5.10 Å². The molecule has 0 aliphatic carbocycles. The lowest BCUT2D eigenvalue weighted by molar-refractivity contribution is 0.0991. The number of primary amides is 1. The number of aromatic nitrogens is 2. The SMILES string of the molecule is CCn1ncc(N)c1C(N)=O. The molecule has 0 spiro atoms. The van der Waals surface area contributed by atoms with Crippen molar-refractivity contribution in [2.75, 3.05) is 5.73 Å². The molecule has 0 saturated heterocycles. The summed E-state index contributed by atoms with van der Waals surface area (Å²) in [6.45, 7) is 2.45. The number of carbonyl (C=O) groups excluding carboxylic acids is 1. The highest BCUT2D eigenvalue weighted by molar-refractivity contribution is 5.96. The summed E-state index contributed by atoms with van der Waals surface area (Å²) in [7, 11) is 0. The molecule has 0 saturated carbocycles. The zero-order valence-electron chi connectivity index (χ0n) is 6.24. The molecule has 0 aromatic carbocycles. The van der Waals surface area contributed by atoms with E-state index >= 15 is 0 Å². The maximum Gasteiger partial charge on any atom is 0.269 e. The van der Waals surface area contributed by atoms with Crippen LogP contribution in [-0.2, 0) is 6.54 Å². The van der Waals surface area contributed by atoms with Crippen LogP contribution in [0, 0.1) is 0 Å². The van der Waals surface area contributed by atoms with Gasteiger partial charge < -0.3 is 11.5 Å². The Morgan fingerprint density at radius 1 is 1.82 bits per heavy atom. The van der Waals surface area contributed by atoms with Crippen molar-refractivity contribution in [3.8, 4) is 0 Å². The Morgan fingerprint density at radius 3 is 2.82 bits per heavy atom. The van der Waals surface area contributed by atoms with Crippen molar-refractivity contribution in [2.45, 2.75) is 13.5 Å². The summed E-state index contributed by atoms with van der Waals surface area (Å²) in [6.07, 6.45) is 1.42. The first-order valence-electron chi connectivity index (χ1n) is 3.28. The maximum absolute atomic E-state index is 10.7. The van der Waals surface area contributed by atoms with Crippen LogP contribution in [0.15, 0.2) is 6.20 Å². The van der Waals surface area contributed by atoms with Crippen molar-refractivity contribution in [1.29, 1.82) is 0 Å². The molecule has 11 heavy (non-hydrogen) atoms. The Morgan fingerprint density at radius 2 is 2.45 bits per heavy atom. The van der Waals surface area contributed by atoms with Crippen LogP contribution < -0.4 is 11.5 Å². The number of aryl methyl sites for hydroxylation is 1. The van der Waals surface area contributed by atoms with Gasteiger partial charge in [0.25, 0.3) is 5.91 Å². The normalized spacial score (nSPS) is 9.91. The summed E-state index contributed by atoms with van der Waals surface area (Å²) < 4.78 is 1.47. The third-order valence-electron chi connectivity index (χ3n) is 1.40. The Balaban J connectivity index is 3.17. The van der Waals surface area contributed by atoms with Gasteiger partial charge in [0.1, 0.15) is 5.69 Å². The smallest absolute Gasteiger partial charge is 0.269 e. The number of nitrogen functional groups attached to an aromatic ring is 1. The summed E-state index contributed by atoms with van der Waals surface area (Å²) in [5.41, 5.74) is 11.1. The molecule has 4 N–H and O–H groups in total. The minimum atomic E-state index is -0.540. The topological polar surface area (TPSA) is 86.9 Å². The van der Waals surface area contributed by atoms with Crippen LogP contribution >= 0.6 is 0 Å². The predicted molar refractivity (Wildman–Crippen MR) is 40.8 cm³/mol. The largest absolute Gasteiger partial charge is 0.396 e. The van der Waals surface area contributed by atoms with Crippen LogP contribution in [0.3, 0.4) is 0 Å². The summed E-state index contributed by atoms with van der Waals surface area (Å²) in [5, 5.41) is 3.85. The van der Waals surface area contributed by atoms with Crippen LogP contribution in [0.2, 0.25) is 0 Å². The summed E-state index contributed by atoms with van der Waals surface area (Å²) in [6, 6.07) is 0. The molecule has 1 rings (SSSR count). The molecule has 1 amide bonds. The van der Waals surface area contributed by atoms with Crippen LogP contribution in [0.25, 0.3) is 0 Å². The van der Waals surface area contributed by atoms with E-state index in [1.807, 2.05) is 6.92 Å². The number of rotatable bonds is 2. The predicted octanol–water partition coefficient (Wildman–Crippen LogP) is -0.416. The van der Waals surface area contributed by atoms with Gasteiger partial charge >= 0.3 is 0 Å². The van der Waals surface area contributed by atoms with Gasteiger partial charge in [0.15, 0.2) is 0 Å². The molecule has 1 aromatic heterocycles. The molecule has 1 heterocycles. The lowest BCUT2D eigenvalue weighted by Gasteiger charge is -1.99. The van der Waals surface area contributed by atoms with Gasteiger partial charge in [-0.1, -0.05) is 0 Å². The van der Waals surface area contributed by atoms with Gasteiger partial charge in [0.05, 0.1) is 11.9 Å². The standard InChI is InChI=1S/C6H10N4O/c1-2-10-5(6(8)11)4(7)3-9-10/h3H,2,7H2,1H3,(H2,8,11). The Hall–Kier alpha value is -1.52. The van der Waals surface area contributed by atoms with Crippen LogP contribution in [0.4, 0.5) is 5.69 Å². The highest BCUT2D eigenvalue weighted by atomic mass is 16.1. The van der Waals surface area contributed by atoms with Crippen LogP contribution in [-0.4, -0.2) is 15.7 Å². The number of nitrogens with zero attached hydrogens (tertiary/aromatic N) is 2. The highest BCUT2D eigenvalue weighted by Crippen LogP contribution is 2.08. The molecule has 0 aliphatic rings. The molecule has 5 nitrogen and oxygen atoms in total. The van der Waals surface area contributed by atoms with E-state index in [4.69, 9.17) is 11.5 Å². The molecular weight excluding hydrogens is 144 g/mol. The van der Waals surface area contributed by atoms with E-state index in [0.717, 1.165) is 0 Å². The van der Waals surface area contributed by atoms with Crippen molar-refractivity contribution in [2.24, 2.45) is 5.73 Å². The second-order valence-electron chi connectivity index (χ2n) is 2.13. The van der Waals surface area contributed by atoms with Gasteiger partial charge in [-0.3, -0.25) is 9.48 Å². The second kappa shape index (κ2) is 2.61. The third kappa shape index (κ3) is 1.17. The lowest BCUT2D eigenvalue weighted by atomic mass is 10.3. The fraction of sp³-hybridized carbons (Fsp3) is 0.333. The molecule has 0 radical (unpaired) electrons. The average molecular weight is 154 g/mol.